The average Bonchev–Trinajstić information content (AvgIpc) is 2.87. The number of fused-ring (bicyclic) bond motifs is 1. The molecule has 4 heteroatoms. The summed E-state index contributed by atoms with van der Waals surface area (Å²) in [5, 5.41) is 4.61. The number of aryl methyl sites for hydroxylation is 2. The maximum atomic E-state index is 4.61. The Morgan fingerprint density at radius 3 is 2.71 bits per heavy atom. The maximum Gasteiger partial charge on any atom is 0.0828 e. The van der Waals surface area contributed by atoms with Crippen LogP contribution in [0.5, 0.6) is 0 Å². The van der Waals surface area contributed by atoms with Gasteiger partial charge in [0, 0.05) is 17.6 Å². The van der Waals surface area contributed by atoms with Crippen molar-refractivity contribution >= 4 is 6.21 Å². The van der Waals surface area contributed by atoms with E-state index in [2.05, 4.69) is 46.7 Å². The molecule has 3 rings (SSSR count). The van der Waals surface area contributed by atoms with Crippen LogP contribution in [0.15, 0.2) is 23.2 Å². The second-order valence-electron chi connectivity index (χ2n) is 4.52. The number of aromatic nitrogens is 3. The molecule has 17 heavy (non-hydrogen) atoms. The lowest BCUT2D eigenvalue weighted by molar-refractivity contribution is 0.594. The van der Waals surface area contributed by atoms with E-state index in [1.54, 1.807) is 0 Å². The number of hydrogen-bond acceptors (Lipinski definition) is 2. The van der Waals surface area contributed by atoms with Crippen molar-refractivity contribution in [3.05, 3.63) is 41.0 Å². The van der Waals surface area contributed by atoms with Gasteiger partial charge in [-0.25, -0.2) is 0 Å². The minimum Gasteiger partial charge on any atom is -0.343 e. The molecule has 0 radical (unpaired) electrons. The molecule has 0 amide bonds. The molecule has 2 aromatic rings. The summed E-state index contributed by atoms with van der Waals surface area (Å²) in [6.07, 6.45) is 1.91. The van der Waals surface area contributed by atoms with Gasteiger partial charge in [-0.15, -0.1) is 0 Å². The van der Waals surface area contributed by atoms with E-state index in [-0.39, 0.29) is 0 Å². The van der Waals surface area contributed by atoms with Gasteiger partial charge in [-0.1, -0.05) is 0 Å². The summed E-state index contributed by atoms with van der Waals surface area (Å²) in [4.78, 5) is 4.27. The minimum absolute atomic E-state index is 0.843. The van der Waals surface area contributed by atoms with Crippen molar-refractivity contribution < 1.29 is 0 Å². The van der Waals surface area contributed by atoms with Gasteiger partial charge < -0.3 is 4.57 Å². The van der Waals surface area contributed by atoms with E-state index in [9.17, 15) is 0 Å². The van der Waals surface area contributed by atoms with Crippen LogP contribution in [0.3, 0.4) is 0 Å². The number of nitrogens with zero attached hydrogens (tertiary/aromatic N) is 4. The fourth-order valence-electron chi connectivity index (χ4n) is 2.27. The van der Waals surface area contributed by atoms with Gasteiger partial charge in [0.15, 0.2) is 0 Å². The molecule has 0 saturated heterocycles. The van der Waals surface area contributed by atoms with Crippen molar-refractivity contribution in [2.75, 3.05) is 6.54 Å². The molecule has 88 valence electrons. The van der Waals surface area contributed by atoms with Crippen LogP contribution in [0.4, 0.5) is 0 Å². The first-order valence-electron chi connectivity index (χ1n) is 5.93. The first-order valence-corrected chi connectivity index (χ1v) is 5.93. The van der Waals surface area contributed by atoms with Crippen molar-refractivity contribution in [3.63, 3.8) is 0 Å². The number of rotatable bonds is 2. The molecule has 0 fully saturated rings. The molecule has 0 saturated carbocycles. The predicted octanol–water partition coefficient (Wildman–Crippen LogP) is 1.78. The Labute approximate surface area is 101 Å². The highest BCUT2D eigenvalue weighted by atomic mass is 15.3. The molecular weight excluding hydrogens is 212 g/mol. The second kappa shape index (κ2) is 3.87. The molecule has 3 heterocycles. The van der Waals surface area contributed by atoms with Crippen LogP contribution in [-0.4, -0.2) is 27.1 Å². The predicted molar refractivity (Wildman–Crippen MR) is 67.7 cm³/mol. The van der Waals surface area contributed by atoms with Gasteiger partial charge in [0.2, 0.25) is 0 Å². The van der Waals surface area contributed by atoms with E-state index < -0.39 is 0 Å². The Kier molecular flexibility index (Phi) is 2.35. The Balaban J connectivity index is 1.91. The highest BCUT2D eigenvalue weighted by molar-refractivity contribution is 5.78. The van der Waals surface area contributed by atoms with Crippen LogP contribution in [-0.2, 0) is 13.1 Å². The van der Waals surface area contributed by atoms with Gasteiger partial charge in [0.1, 0.15) is 0 Å². The molecule has 0 aromatic carbocycles. The molecule has 0 aliphatic carbocycles. The van der Waals surface area contributed by atoms with Crippen LogP contribution >= 0.6 is 0 Å². The van der Waals surface area contributed by atoms with Gasteiger partial charge in [-0.3, -0.25) is 9.67 Å². The molecule has 0 unspecified atom stereocenters. The number of hydrogen-bond donors (Lipinski definition) is 0. The van der Waals surface area contributed by atoms with Gasteiger partial charge >= 0.3 is 0 Å². The molecule has 0 spiro atoms. The lowest BCUT2D eigenvalue weighted by atomic mass is 10.3. The molecule has 1 aliphatic heterocycles. The van der Waals surface area contributed by atoms with E-state index in [4.69, 9.17) is 0 Å². The molecule has 0 N–H and O–H groups in total. The van der Waals surface area contributed by atoms with Gasteiger partial charge in [0.05, 0.1) is 31.0 Å². The third-order valence-corrected chi connectivity index (χ3v) is 3.26. The van der Waals surface area contributed by atoms with Crippen molar-refractivity contribution in [1.82, 2.24) is 14.3 Å². The Hall–Kier alpha value is -1.84. The molecule has 1 aliphatic rings. The van der Waals surface area contributed by atoms with Crippen LogP contribution in [0.25, 0.3) is 0 Å². The monoisotopic (exact) mass is 228 g/mol. The lowest BCUT2D eigenvalue weighted by Crippen LogP contribution is -2.12. The van der Waals surface area contributed by atoms with E-state index >= 15 is 0 Å². The second-order valence-corrected chi connectivity index (χ2v) is 4.52. The SMILES string of the molecule is Cc1ccc(C)n1Cc1cc2n(n1)CCN=C2. The van der Waals surface area contributed by atoms with E-state index in [0.717, 1.165) is 31.0 Å². The first-order chi connectivity index (χ1) is 8.24. The van der Waals surface area contributed by atoms with Gasteiger partial charge in [-0.05, 0) is 32.0 Å². The Morgan fingerprint density at radius 1 is 1.24 bits per heavy atom. The van der Waals surface area contributed by atoms with Crippen LogP contribution in [0.1, 0.15) is 22.8 Å². The quantitative estimate of drug-likeness (QED) is 0.771. The summed E-state index contributed by atoms with van der Waals surface area (Å²) >= 11 is 0. The fourth-order valence-corrected chi connectivity index (χ4v) is 2.27. The summed E-state index contributed by atoms with van der Waals surface area (Å²) in [6, 6.07) is 6.42. The van der Waals surface area contributed by atoms with Crippen molar-refractivity contribution in [1.29, 1.82) is 0 Å². The molecular formula is C13H16N4. The van der Waals surface area contributed by atoms with Crippen molar-refractivity contribution in [2.24, 2.45) is 4.99 Å². The van der Waals surface area contributed by atoms with Crippen LogP contribution in [0.2, 0.25) is 0 Å². The third-order valence-electron chi connectivity index (χ3n) is 3.26. The van der Waals surface area contributed by atoms with Gasteiger partial charge in [0.25, 0.3) is 0 Å². The highest BCUT2D eigenvalue weighted by Gasteiger charge is 2.10. The average molecular weight is 228 g/mol. The zero-order chi connectivity index (χ0) is 11.8. The largest absolute Gasteiger partial charge is 0.343 e. The third kappa shape index (κ3) is 1.79. The molecule has 0 bridgehead atoms. The topological polar surface area (TPSA) is 35.1 Å². The molecule has 0 atom stereocenters. The van der Waals surface area contributed by atoms with E-state index in [1.165, 1.54) is 11.4 Å². The van der Waals surface area contributed by atoms with Crippen LogP contribution in [0, 0.1) is 13.8 Å². The lowest BCUT2D eigenvalue weighted by Gasteiger charge is -2.07. The summed E-state index contributed by atoms with van der Waals surface area (Å²) in [5.41, 5.74) is 4.79. The summed E-state index contributed by atoms with van der Waals surface area (Å²) in [6.45, 7) is 6.85. The summed E-state index contributed by atoms with van der Waals surface area (Å²) in [7, 11) is 0. The van der Waals surface area contributed by atoms with E-state index in [0.29, 0.717) is 0 Å². The zero-order valence-corrected chi connectivity index (χ0v) is 10.2. The first kappa shape index (κ1) is 10.3. The van der Waals surface area contributed by atoms with Crippen molar-refractivity contribution in [2.45, 2.75) is 26.9 Å². The highest BCUT2D eigenvalue weighted by Crippen LogP contribution is 2.12. The number of aliphatic imine (C=N–C) groups is 1. The molecule has 2 aromatic heterocycles. The Bertz CT molecular complexity index is 555. The molecule has 4 nitrogen and oxygen atoms in total. The van der Waals surface area contributed by atoms with Gasteiger partial charge in [-0.2, -0.15) is 5.10 Å². The van der Waals surface area contributed by atoms with E-state index in [1.807, 2.05) is 10.9 Å². The Morgan fingerprint density at radius 2 is 2.00 bits per heavy atom. The smallest absolute Gasteiger partial charge is 0.0828 e. The van der Waals surface area contributed by atoms with Crippen LogP contribution < -0.4 is 0 Å². The summed E-state index contributed by atoms with van der Waals surface area (Å²) < 4.78 is 4.32. The summed E-state index contributed by atoms with van der Waals surface area (Å²) in [5.74, 6) is 0. The zero-order valence-electron chi connectivity index (χ0n) is 10.2. The normalized spacial score (nSPS) is 14.0. The fraction of sp³-hybridized carbons (Fsp3) is 0.385. The van der Waals surface area contributed by atoms with Crippen molar-refractivity contribution in [3.8, 4) is 0 Å². The standard InChI is InChI=1S/C13H16N4/c1-10-3-4-11(2)16(10)9-12-7-13-8-14-5-6-17(13)15-12/h3-4,7-8H,5-6,9H2,1-2H3. The maximum absolute atomic E-state index is 4.61. The minimum atomic E-state index is 0.843.